The van der Waals surface area contributed by atoms with Crippen molar-refractivity contribution in [3.05, 3.63) is 50.0 Å². The van der Waals surface area contributed by atoms with E-state index >= 15 is 0 Å². The van der Waals surface area contributed by atoms with Crippen molar-refractivity contribution < 1.29 is 0 Å². The van der Waals surface area contributed by atoms with Gasteiger partial charge in [-0.15, -0.1) is 0 Å². The molecule has 0 atom stereocenters. The number of hydrogen-bond acceptors (Lipinski definition) is 4. The third-order valence-electron chi connectivity index (χ3n) is 5.32. The molecule has 0 unspecified atom stereocenters. The first-order valence-corrected chi connectivity index (χ1v) is 9.45. The van der Waals surface area contributed by atoms with E-state index in [1.54, 1.807) is 25.2 Å². The minimum absolute atomic E-state index is 0.0319. The number of hydrogen-bond donors (Lipinski definition) is 1. The van der Waals surface area contributed by atoms with Crippen LogP contribution in [0.25, 0.3) is 16.0 Å². The third-order valence-corrected chi connectivity index (χ3v) is 6.14. The largest absolute Gasteiger partial charge is 0.360 e. The molecule has 1 fully saturated rings. The zero-order valence-electron chi connectivity index (χ0n) is 15.3. The van der Waals surface area contributed by atoms with Crippen LogP contribution in [0, 0.1) is 12.0 Å². The molecule has 0 aliphatic carbocycles. The molecule has 8 heteroatoms. The van der Waals surface area contributed by atoms with Crippen LogP contribution < -0.4 is 16.2 Å². The Kier molecular flexibility index (Phi) is 5.48. The Morgan fingerprint density at radius 1 is 1.33 bits per heavy atom. The lowest BCUT2D eigenvalue weighted by atomic mass is 9.81. The molecule has 2 N–H and O–H groups in total. The van der Waals surface area contributed by atoms with Gasteiger partial charge in [0.2, 0.25) is 0 Å². The molecule has 1 saturated heterocycles. The summed E-state index contributed by atoms with van der Waals surface area (Å²) in [5.74, 6) is 0.524. The molecule has 1 aliphatic heterocycles. The zero-order chi connectivity index (χ0) is 19.8. The van der Waals surface area contributed by atoms with Crippen molar-refractivity contribution in [3.63, 3.8) is 0 Å². The Hall–Kier alpha value is -2.07. The Morgan fingerprint density at radius 3 is 2.59 bits per heavy atom. The van der Waals surface area contributed by atoms with Crippen molar-refractivity contribution in [3.8, 4) is 11.1 Å². The molecule has 1 aromatic heterocycles. The van der Waals surface area contributed by atoms with Crippen LogP contribution in [-0.2, 0) is 7.05 Å². The predicted molar refractivity (Wildman–Crippen MR) is 110 cm³/mol. The van der Waals surface area contributed by atoms with Crippen molar-refractivity contribution in [1.82, 2.24) is 9.55 Å². The van der Waals surface area contributed by atoms with E-state index in [1.807, 2.05) is 4.90 Å². The molecule has 0 saturated carbocycles. The molecule has 0 spiro atoms. The summed E-state index contributed by atoms with van der Waals surface area (Å²) in [5.41, 5.74) is 6.26. The molecule has 1 aliphatic rings. The number of rotatable bonds is 3. The quantitative estimate of drug-likeness (QED) is 0.786. The summed E-state index contributed by atoms with van der Waals surface area (Å²) >= 11 is 12.4. The molecular weight excluding hydrogens is 385 g/mol. The Balaban J connectivity index is 2.09. The van der Waals surface area contributed by atoms with Crippen LogP contribution in [0.15, 0.2) is 23.0 Å². The molecule has 2 aromatic rings. The van der Waals surface area contributed by atoms with Crippen LogP contribution in [0.3, 0.4) is 0 Å². The maximum atomic E-state index is 13.1. The number of halogens is 2. The van der Waals surface area contributed by atoms with Crippen molar-refractivity contribution in [2.45, 2.75) is 19.8 Å². The van der Waals surface area contributed by atoms with Gasteiger partial charge in [0.25, 0.3) is 11.4 Å². The molecule has 0 radical (unpaired) electrons. The van der Waals surface area contributed by atoms with Gasteiger partial charge in [-0.05, 0) is 36.4 Å². The normalized spacial score (nSPS) is 16.2. The first-order valence-electron chi connectivity index (χ1n) is 8.69. The highest BCUT2D eigenvalue weighted by molar-refractivity contribution is 6.43. The molecule has 6 nitrogen and oxygen atoms in total. The van der Waals surface area contributed by atoms with Crippen LogP contribution in [0.1, 0.15) is 19.8 Å². The second kappa shape index (κ2) is 7.51. The van der Waals surface area contributed by atoms with Crippen molar-refractivity contribution in [2.75, 3.05) is 24.5 Å². The molecule has 2 heterocycles. The summed E-state index contributed by atoms with van der Waals surface area (Å²) in [7, 11) is 1.66. The van der Waals surface area contributed by atoms with E-state index in [0.717, 1.165) is 25.9 Å². The van der Waals surface area contributed by atoms with E-state index in [-0.39, 0.29) is 27.4 Å². The number of piperidine rings is 1. The summed E-state index contributed by atoms with van der Waals surface area (Å²) in [6, 6.07) is 5.01. The highest BCUT2D eigenvalue weighted by atomic mass is 35.5. The third kappa shape index (κ3) is 3.55. The molecule has 3 rings (SSSR count). The standard InChI is InChI=1S/C19H21Cl2N5O/c1-19(11-22)7-9-26(10-8-19)18-24-16(23-2)14(17(27)25(18)3)12-5-4-6-13(20)15(12)21/h4-6H,7-11,22H2,1,3H3. The van der Waals surface area contributed by atoms with Crippen molar-refractivity contribution >= 4 is 35.0 Å². The SMILES string of the molecule is [C-]#[N+]c1nc(N2CCC(C)(CN)CC2)n(C)c(=O)c1-c1cccc(Cl)c1Cl. The smallest absolute Gasteiger partial charge is 0.305 e. The van der Waals surface area contributed by atoms with Crippen LogP contribution in [-0.4, -0.2) is 29.2 Å². The van der Waals surface area contributed by atoms with Gasteiger partial charge in [-0.3, -0.25) is 9.36 Å². The van der Waals surface area contributed by atoms with E-state index in [4.69, 9.17) is 35.5 Å². The molecule has 27 heavy (non-hydrogen) atoms. The molecule has 0 amide bonds. The summed E-state index contributed by atoms with van der Waals surface area (Å²) < 4.78 is 1.48. The Morgan fingerprint density at radius 2 is 2.00 bits per heavy atom. The van der Waals surface area contributed by atoms with E-state index < -0.39 is 0 Å². The van der Waals surface area contributed by atoms with Crippen LogP contribution in [0.5, 0.6) is 0 Å². The Bertz CT molecular complexity index is 971. The summed E-state index contributed by atoms with van der Waals surface area (Å²) in [4.78, 5) is 23.1. The summed E-state index contributed by atoms with van der Waals surface area (Å²) in [6.07, 6.45) is 1.82. The zero-order valence-corrected chi connectivity index (χ0v) is 16.8. The van der Waals surface area contributed by atoms with Gasteiger partial charge in [-0.1, -0.05) is 53.8 Å². The number of aromatic nitrogens is 2. The first-order chi connectivity index (χ1) is 12.8. The van der Waals surface area contributed by atoms with Gasteiger partial charge in [0, 0.05) is 20.1 Å². The van der Waals surface area contributed by atoms with Crippen molar-refractivity contribution in [1.29, 1.82) is 0 Å². The van der Waals surface area contributed by atoms with Crippen LogP contribution in [0.2, 0.25) is 10.0 Å². The second-order valence-corrected chi connectivity index (χ2v) is 7.97. The molecular formula is C19H21Cl2N5O. The van der Waals surface area contributed by atoms with Gasteiger partial charge in [0.15, 0.2) is 0 Å². The fraction of sp³-hybridized carbons (Fsp3) is 0.421. The average Bonchev–Trinajstić information content (AvgIpc) is 2.67. The average molecular weight is 406 g/mol. The van der Waals surface area contributed by atoms with Gasteiger partial charge < -0.3 is 15.5 Å². The molecule has 142 valence electrons. The summed E-state index contributed by atoms with van der Waals surface area (Å²) in [5, 5.41) is 0.570. The van der Waals surface area contributed by atoms with Crippen molar-refractivity contribution in [2.24, 2.45) is 18.2 Å². The number of anilines is 1. The lowest BCUT2D eigenvalue weighted by Gasteiger charge is -2.38. The minimum atomic E-state index is -0.317. The summed E-state index contributed by atoms with van der Waals surface area (Å²) in [6.45, 7) is 11.8. The van der Waals surface area contributed by atoms with Gasteiger partial charge >= 0.3 is 5.95 Å². The van der Waals surface area contributed by atoms with E-state index in [0.29, 0.717) is 23.1 Å². The monoisotopic (exact) mass is 405 g/mol. The maximum Gasteiger partial charge on any atom is 0.305 e. The van der Waals surface area contributed by atoms with Gasteiger partial charge in [0.05, 0.1) is 15.6 Å². The maximum absolute atomic E-state index is 13.1. The second-order valence-electron chi connectivity index (χ2n) is 7.19. The lowest BCUT2D eigenvalue weighted by molar-refractivity contribution is 0.256. The van der Waals surface area contributed by atoms with Crippen LogP contribution in [0.4, 0.5) is 11.8 Å². The molecule has 1 aromatic carbocycles. The molecule has 0 bridgehead atoms. The number of nitrogens with zero attached hydrogens (tertiary/aromatic N) is 4. The number of benzene rings is 1. The predicted octanol–water partition coefficient (Wildman–Crippen LogP) is 3.87. The van der Waals surface area contributed by atoms with Gasteiger partial charge in [0.1, 0.15) is 0 Å². The van der Waals surface area contributed by atoms with Gasteiger partial charge in [-0.2, -0.15) is 0 Å². The van der Waals surface area contributed by atoms with Crippen LogP contribution >= 0.6 is 23.2 Å². The van der Waals surface area contributed by atoms with E-state index in [1.165, 1.54) is 4.57 Å². The first kappa shape index (κ1) is 19.7. The lowest BCUT2D eigenvalue weighted by Crippen LogP contribution is -2.44. The Labute approximate surface area is 168 Å². The number of nitrogens with two attached hydrogens (primary N) is 1. The topological polar surface area (TPSA) is 68.5 Å². The highest BCUT2D eigenvalue weighted by Gasteiger charge is 2.32. The van der Waals surface area contributed by atoms with E-state index in [2.05, 4.69) is 16.8 Å². The van der Waals surface area contributed by atoms with Gasteiger partial charge in [-0.25, -0.2) is 0 Å². The fourth-order valence-corrected chi connectivity index (χ4v) is 3.72. The fourth-order valence-electron chi connectivity index (χ4n) is 3.33. The highest BCUT2D eigenvalue weighted by Crippen LogP contribution is 2.37. The minimum Gasteiger partial charge on any atom is -0.360 e. The van der Waals surface area contributed by atoms with E-state index in [9.17, 15) is 4.79 Å².